The van der Waals surface area contributed by atoms with E-state index in [0.717, 1.165) is 0 Å². The number of ether oxygens (including phenoxy) is 8. The molecular formula is C30H52O27. The number of carboxylic acid groups (broad SMARTS) is 1. The van der Waals surface area contributed by atoms with E-state index >= 15 is 0 Å². The van der Waals surface area contributed by atoms with Crippen LogP contribution >= 0.6 is 0 Å². The fourth-order valence-electron chi connectivity index (χ4n) is 6.55. The van der Waals surface area contributed by atoms with Gasteiger partial charge in [-0.1, -0.05) is 0 Å². The molecule has 0 spiro atoms. The van der Waals surface area contributed by atoms with Crippen molar-refractivity contribution in [3.05, 3.63) is 0 Å². The zero-order valence-corrected chi connectivity index (χ0v) is 29.6. The van der Waals surface area contributed by atoms with Crippen molar-refractivity contribution in [2.24, 2.45) is 0 Å². The summed E-state index contributed by atoms with van der Waals surface area (Å²) in [6, 6.07) is 0. The van der Waals surface area contributed by atoms with Gasteiger partial charge < -0.3 is 130 Å². The first-order chi connectivity index (χ1) is 26.9. The van der Waals surface area contributed by atoms with Gasteiger partial charge in [0.2, 0.25) is 0 Å². The minimum atomic E-state index is -2.36. The molecule has 18 N–H and O–H groups in total. The van der Waals surface area contributed by atoms with Crippen LogP contribution in [0.3, 0.4) is 0 Å². The maximum Gasteiger partial charge on any atom is 0.335 e. The molecule has 27 nitrogen and oxygen atoms in total. The number of carbonyl (C=O) groups is 1. The number of aliphatic carboxylic acids is 1. The lowest BCUT2D eigenvalue weighted by molar-refractivity contribution is -0.401. The lowest BCUT2D eigenvalue weighted by Crippen LogP contribution is -2.68. The number of hydrogen-bond donors (Lipinski definition) is 18. The van der Waals surface area contributed by atoms with Crippen LogP contribution < -0.4 is 0 Å². The molecule has 4 aliphatic heterocycles. The fraction of sp³-hybridized carbons (Fsp3) is 0.967. The van der Waals surface area contributed by atoms with E-state index in [0.29, 0.717) is 0 Å². The van der Waals surface area contributed by atoms with Crippen molar-refractivity contribution in [2.75, 3.05) is 33.0 Å². The highest BCUT2D eigenvalue weighted by atomic mass is 16.8. The molecule has 0 aromatic carbocycles. The molecule has 27 heteroatoms. The molecule has 0 amide bonds. The summed E-state index contributed by atoms with van der Waals surface area (Å²) in [4.78, 5) is 12.3. The van der Waals surface area contributed by atoms with Gasteiger partial charge in [0.1, 0.15) is 116 Å². The van der Waals surface area contributed by atoms with Crippen LogP contribution in [0.4, 0.5) is 0 Å². The third-order valence-corrected chi connectivity index (χ3v) is 9.93. The normalized spacial score (nSPS) is 46.5. The number of hydrogen-bond acceptors (Lipinski definition) is 26. The first-order valence-corrected chi connectivity index (χ1v) is 17.5. The minimum Gasteiger partial charge on any atom is -0.479 e. The molecule has 4 saturated heterocycles. The van der Waals surface area contributed by atoms with Gasteiger partial charge in [-0.15, -0.1) is 0 Å². The summed E-state index contributed by atoms with van der Waals surface area (Å²) < 4.78 is 43.7. The second-order valence-electron chi connectivity index (χ2n) is 13.7. The second-order valence-corrected chi connectivity index (χ2v) is 13.7. The van der Waals surface area contributed by atoms with Gasteiger partial charge in [0.25, 0.3) is 0 Å². The molecule has 57 heavy (non-hydrogen) atoms. The monoisotopic (exact) mass is 844 g/mol. The quantitative estimate of drug-likeness (QED) is 0.0646. The van der Waals surface area contributed by atoms with Gasteiger partial charge in [0.05, 0.1) is 33.0 Å². The SMILES string of the molecule is O=C(O)[C@H]1O[C@@H](O[C@@H]2[C@@H](O[C@@H]3[C@@H](O[C@@H]([C@@H](O)[C@H](O)CO)[C@@H](O)CO)O[C@H](CO)[C@@H](O)[C@@H]3O)O[C@H](CO)[C@@H](O)[C@@H]2O)[C@H](O)[C@@H](O)[C@@H]1O[C@@H]1O[C@H](CO)[C@@H](O)[C@H](O)[C@@H]1O. The molecule has 0 bridgehead atoms. The van der Waals surface area contributed by atoms with Crippen molar-refractivity contribution in [1.29, 1.82) is 0 Å². The lowest BCUT2D eigenvalue weighted by Gasteiger charge is -2.49. The average Bonchev–Trinajstić information content (AvgIpc) is 3.20. The van der Waals surface area contributed by atoms with Gasteiger partial charge in [0.15, 0.2) is 31.3 Å². The molecule has 4 fully saturated rings. The Hall–Kier alpha value is -1.53. The Morgan fingerprint density at radius 1 is 0.474 bits per heavy atom. The van der Waals surface area contributed by atoms with E-state index < -0.39 is 186 Å². The summed E-state index contributed by atoms with van der Waals surface area (Å²) in [6.07, 6.45) is -49.9. The highest BCUT2D eigenvalue weighted by Gasteiger charge is 2.57. The minimum absolute atomic E-state index is 0.911. The molecule has 0 aromatic heterocycles. The summed E-state index contributed by atoms with van der Waals surface area (Å²) in [5, 5.41) is 185. The van der Waals surface area contributed by atoms with E-state index in [-0.39, 0.29) is 0 Å². The third-order valence-electron chi connectivity index (χ3n) is 9.93. The van der Waals surface area contributed by atoms with Gasteiger partial charge in [-0.25, -0.2) is 4.79 Å². The highest BCUT2D eigenvalue weighted by molar-refractivity contribution is 5.73. The smallest absolute Gasteiger partial charge is 0.335 e. The molecule has 0 aromatic rings. The van der Waals surface area contributed by atoms with E-state index in [9.17, 15) is 96.7 Å². The molecule has 0 aliphatic carbocycles. The van der Waals surface area contributed by atoms with Gasteiger partial charge >= 0.3 is 5.97 Å². The Labute approximate surface area is 321 Å². The summed E-state index contributed by atoms with van der Waals surface area (Å²) in [7, 11) is 0. The molecule has 0 unspecified atom stereocenters. The van der Waals surface area contributed by atoms with Crippen molar-refractivity contribution in [1.82, 2.24) is 0 Å². The van der Waals surface area contributed by atoms with Crippen LogP contribution in [0.15, 0.2) is 0 Å². The van der Waals surface area contributed by atoms with Gasteiger partial charge in [-0.05, 0) is 0 Å². The zero-order valence-electron chi connectivity index (χ0n) is 29.6. The fourth-order valence-corrected chi connectivity index (χ4v) is 6.55. The van der Waals surface area contributed by atoms with E-state index in [1.54, 1.807) is 0 Å². The summed E-state index contributed by atoms with van der Waals surface area (Å²) in [5.74, 6) is -1.90. The summed E-state index contributed by atoms with van der Waals surface area (Å²) >= 11 is 0. The van der Waals surface area contributed by atoms with Crippen molar-refractivity contribution in [2.45, 2.75) is 147 Å². The predicted molar refractivity (Wildman–Crippen MR) is 169 cm³/mol. The van der Waals surface area contributed by atoms with Gasteiger partial charge in [-0.2, -0.15) is 0 Å². The number of carboxylic acids is 1. The molecule has 4 heterocycles. The number of aliphatic hydroxyl groups is 17. The van der Waals surface area contributed by atoms with Crippen molar-refractivity contribution in [3.63, 3.8) is 0 Å². The van der Waals surface area contributed by atoms with E-state index in [4.69, 9.17) is 37.9 Å². The molecule has 334 valence electrons. The highest BCUT2D eigenvalue weighted by Crippen LogP contribution is 2.35. The molecular weight excluding hydrogens is 792 g/mol. The summed E-state index contributed by atoms with van der Waals surface area (Å²) in [5.41, 5.74) is 0. The lowest BCUT2D eigenvalue weighted by atomic mass is 9.95. The topological polar surface area (TPSA) is 455 Å². The largest absolute Gasteiger partial charge is 0.479 e. The average molecular weight is 845 g/mol. The molecule has 0 radical (unpaired) electrons. The Balaban J connectivity index is 1.63. The van der Waals surface area contributed by atoms with E-state index in [2.05, 4.69) is 0 Å². The van der Waals surface area contributed by atoms with Gasteiger partial charge in [-0.3, -0.25) is 0 Å². The summed E-state index contributed by atoms with van der Waals surface area (Å²) in [6.45, 7) is -5.15. The maximum atomic E-state index is 12.3. The third kappa shape index (κ3) is 10.3. The zero-order chi connectivity index (χ0) is 42.6. The molecule has 24 atom stereocenters. The first kappa shape index (κ1) is 48.1. The van der Waals surface area contributed by atoms with E-state index in [1.165, 1.54) is 0 Å². The second kappa shape index (κ2) is 20.8. The molecule has 0 saturated carbocycles. The van der Waals surface area contributed by atoms with Crippen molar-refractivity contribution < 1.29 is 135 Å². The van der Waals surface area contributed by atoms with E-state index in [1.807, 2.05) is 0 Å². The maximum absolute atomic E-state index is 12.3. The van der Waals surface area contributed by atoms with Crippen LogP contribution in [0.5, 0.6) is 0 Å². The van der Waals surface area contributed by atoms with Crippen LogP contribution in [-0.2, 0) is 42.7 Å². The molecule has 4 aliphatic rings. The van der Waals surface area contributed by atoms with Crippen LogP contribution in [-0.4, -0.2) is 278 Å². The number of aliphatic hydroxyl groups excluding tert-OH is 17. The van der Waals surface area contributed by atoms with Crippen LogP contribution in [0, 0.1) is 0 Å². The van der Waals surface area contributed by atoms with Crippen molar-refractivity contribution >= 4 is 5.97 Å². The Morgan fingerprint density at radius 3 is 1.35 bits per heavy atom. The van der Waals surface area contributed by atoms with Crippen LogP contribution in [0.25, 0.3) is 0 Å². The predicted octanol–water partition coefficient (Wildman–Crippen LogP) is -12.2. The Kier molecular flexibility index (Phi) is 17.6. The van der Waals surface area contributed by atoms with Crippen molar-refractivity contribution in [3.8, 4) is 0 Å². The Morgan fingerprint density at radius 2 is 0.860 bits per heavy atom. The number of rotatable bonds is 17. The van der Waals surface area contributed by atoms with Crippen LogP contribution in [0.2, 0.25) is 0 Å². The first-order valence-electron chi connectivity index (χ1n) is 17.5. The van der Waals surface area contributed by atoms with Crippen LogP contribution in [0.1, 0.15) is 0 Å². The molecule has 4 rings (SSSR count). The Bertz CT molecular complexity index is 1240. The standard InChI is InChI=1S/C30H52O27/c31-1-6(36)11(38)21(7(37)2-32)53-29-24(17(44)14(41)9(4-34)51-29)56-30-23(16(43)13(40)10(5-35)52-30)55-28-20(47)18(45)22(25(57-28)26(48)49)54-27-19(46)15(42)12(39)8(3-33)50-27/h6-25,27-47H,1-5H2,(H,48,49)/t6-,7+,8-,9-,10-,11+,12-,13-,14-,15+,16+,17+,18-,19+,20-,21-,22+,23+,24+,25+,27+,28-,29-,30-/m1/s1. The van der Waals surface area contributed by atoms with Gasteiger partial charge in [0, 0.05) is 0 Å².